The first-order valence-corrected chi connectivity index (χ1v) is 13.4. The normalized spacial score (nSPS) is 30.0. The van der Waals surface area contributed by atoms with E-state index < -0.39 is 0 Å². The van der Waals surface area contributed by atoms with Crippen molar-refractivity contribution in [3.63, 3.8) is 0 Å². The van der Waals surface area contributed by atoms with Gasteiger partial charge in [-0.3, -0.25) is 4.90 Å². The number of benzene rings is 1. The van der Waals surface area contributed by atoms with Gasteiger partial charge in [0.1, 0.15) is 0 Å². The van der Waals surface area contributed by atoms with Gasteiger partial charge in [0.2, 0.25) is 0 Å². The molecule has 1 aromatic rings. The zero-order valence-corrected chi connectivity index (χ0v) is 21.0. The summed E-state index contributed by atoms with van der Waals surface area (Å²) in [4.78, 5) is 7.97. The highest BCUT2D eigenvalue weighted by molar-refractivity contribution is 5.64. The third-order valence-corrected chi connectivity index (χ3v) is 8.50. The maximum Gasteiger partial charge on any atom is 0.0726 e. The molecule has 0 spiro atoms. The quantitative estimate of drug-likeness (QED) is 0.601. The second kappa shape index (κ2) is 9.18. The van der Waals surface area contributed by atoms with E-state index in [1.54, 1.807) is 5.56 Å². The van der Waals surface area contributed by atoms with E-state index in [1.165, 1.54) is 82.6 Å². The molecule has 4 aliphatic rings. The number of anilines is 2. The van der Waals surface area contributed by atoms with Crippen LogP contribution in [0.25, 0.3) is 0 Å². The van der Waals surface area contributed by atoms with Crippen LogP contribution >= 0.6 is 0 Å². The van der Waals surface area contributed by atoms with Crippen molar-refractivity contribution < 1.29 is 4.74 Å². The summed E-state index contributed by atoms with van der Waals surface area (Å²) in [6.45, 7) is 17.5. The fourth-order valence-electron chi connectivity index (χ4n) is 6.29. The lowest BCUT2D eigenvalue weighted by Crippen LogP contribution is -2.47. The predicted molar refractivity (Wildman–Crippen MR) is 135 cm³/mol. The average Bonchev–Trinajstić information content (AvgIpc) is 3.57. The lowest BCUT2D eigenvalue weighted by atomic mass is 9.71. The fraction of sp³-hybridized carbons (Fsp3) is 0.786. The number of hydrogen-bond donors (Lipinski definition) is 0. The molecular weight excluding hydrogens is 394 g/mol. The highest BCUT2D eigenvalue weighted by Crippen LogP contribution is 2.46. The molecule has 0 aromatic heterocycles. The number of piperazine rings is 1. The summed E-state index contributed by atoms with van der Waals surface area (Å²) < 4.78 is 6.01. The van der Waals surface area contributed by atoms with Gasteiger partial charge < -0.3 is 14.5 Å². The monoisotopic (exact) mass is 439 g/mol. The van der Waals surface area contributed by atoms with Gasteiger partial charge in [-0.2, -0.15) is 0 Å². The zero-order valence-electron chi connectivity index (χ0n) is 21.0. The maximum atomic E-state index is 6.01. The number of morpholine rings is 1. The highest BCUT2D eigenvalue weighted by atomic mass is 16.5. The minimum absolute atomic E-state index is 0.303. The molecule has 0 bridgehead atoms. The van der Waals surface area contributed by atoms with Crippen LogP contribution in [-0.4, -0.2) is 62.9 Å². The van der Waals surface area contributed by atoms with Crippen molar-refractivity contribution in [2.75, 3.05) is 55.6 Å². The van der Waals surface area contributed by atoms with E-state index >= 15 is 0 Å². The van der Waals surface area contributed by atoms with Crippen molar-refractivity contribution in [1.29, 1.82) is 0 Å². The first-order chi connectivity index (χ1) is 15.4. The van der Waals surface area contributed by atoms with Crippen LogP contribution in [0.1, 0.15) is 77.7 Å². The Morgan fingerprint density at radius 3 is 2.16 bits per heavy atom. The minimum atomic E-state index is 0.303. The molecule has 0 unspecified atom stereocenters. The molecule has 4 fully saturated rings. The Bertz CT molecular complexity index is 761. The summed E-state index contributed by atoms with van der Waals surface area (Å²) in [6, 6.07) is 7.43. The molecule has 2 aliphatic heterocycles. The molecule has 4 heteroatoms. The van der Waals surface area contributed by atoms with Crippen molar-refractivity contribution >= 4 is 11.4 Å². The molecule has 32 heavy (non-hydrogen) atoms. The SMILES string of the molecule is C[C@@H]1CN(c2ccc(N3CCN(CC4CC4)CC3)c(C3CCC(C)(C)CC3)c2)C[C@H](C)O1. The van der Waals surface area contributed by atoms with Crippen molar-refractivity contribution in [3.8, 4) is 0 Å². The Morgan fingerprint density at radius 1 is 0.875 bits per heavy atom. The van der Waals surface area contributed by atoms with Gasteiger partial charge >= 0.3 is 0 Å². The van der Waals surface area contributed by atoms with E-state index in [0.29, 0.717) is 23.5 Å². The highest BCUT2D eigenvalue weighted by Gasteiger charge is 2.32. The Morgan fingerprint density at radius 2 is 1.53 bits per heavy atom. The average molecular weight is 440 g/mol. The Balaban J connectivity index is 1.37. The molecule has 2 saturated carbocycles. The zero-order chi connectivity index (χ0) is 22.3. The third-order valence-electron chi connectivity index (χ3n) is 8.50. The van der Waals surface area contributed by atoms with E-state index in [2.05, 4.69) is 60.6 Å². The first kappa shape index (κ1) is 22.5. The van der Waals surface area contributed by atoms with Crippen LogP contribution in [0.4, 0.5) is 11.4 Å². The van der Waals surface area contributed by atoms with Gasteiger partial charge in [-0.05, 0) is 93.4 Å². The van der Waals surface area contributed by atoms with Crippen LogP contribution in [0.3, 0.4) is 0 Å². The molecule has 5 rings (SSSR count). The summed E-state index contributed by atoms with van der Waals surface area (Å²) in [5, 5.41) is 0. The lowest BCUT2D eigenvalue weighted by Gasteiger charge is -2.41. The van der Waals surface area contributed by atoms with Gasteiger partial charge in [0.25, 0.3) is 0 Å². The molecule has 4 nitrogen and oxygen atoms in total. The third kappa shape index (κ3) is 5.28. The van der Waals surface area contributed by atoms with Crippen LogP contribution in [-0.2, 0) is 4.74 Å². The van der Waals surface area contributed by atoms with Gasteiger partial charge in [0.05, 0.1) is 12.2 Å². The Kier molecular flexibility index (Phi) is 6.46. The smallest absolute Gasteiger partial charge is 0.0726 e. The van der Waals surface area contributed by atoms with E-state index in [9.17, 15) is 0 Å². The van der Waals surface area contributed by atoms with E-state index in [-0.39, 0.29) is 0 Å². The molecule has 2 atom stereocenters. The number of hydrogen-bond acceptors (Lipinski definition) is 4. The van der Waals surface area contributed by atoms with Crippen molar-refractivity contribution in [1.82, 2.24) is 4.90 Å². The molecule has 178 valence electrons. The van der Waals surface area contributed by atoms with Crippen LogP contribution in [0, 0.1) is 11.3 Å². The second-order valence-electron chi connectivity index (χ2n) is 12.1. The summed E-state index contributed by atoms with van der Waals surface area (Å²) in [5.74, 6) is 1.71. The van der Waals surface area contributed by atoms with Crippen molar-refractivity contribution in [2.24, 2.45) is 11.3 Å². The topological polar surface area (TPSA) is 19.0 Å². The Labute approximate surface area is 196 Å². The van der Waals surface area contributed by atoms with E-state index in [0.717, 1.165) is 19.0 Å². The summed E-state index contributed by atoms with van der Waals surface area (Å²) in [5.41, 5.74) is 5.07. The molecule has 0 N–H and O–H groups in total. The summed E-state index contributed by atoms with van der Waals surface area (Å²) >= 11 is 0. The van der Waals surface area contributed by atoms with Gasteiger partial charge in [-0.15, -0.1) is 0 Å². The van der Waals surface area contributed by atoms with Crippen LogP contribution in [0.5, 0.6) is 0 Å². The van der Waals surface area contributed by atoms with Gasteiger partial charge in [0, 0.05) is 57.2 Å². The standard InChI is InChI=1S/C28H45N3O/c1-21-18-31(19-22(2)32-21)25-7-8-27(26(17-25)24-9-11-28(3,4)12-10-24)30-15-13-29(14-16-30)20-23-5-6-23/h7-8,17,21-24H,5-6,9-16,18-20H2,1-4H3/t21-,22+. The van der Waals surface area contributed by atoms with Crippen LogP contribution in [0.2, 0.25) is 0 Å². The molecule has 0 amide bonds. The van der Waals surface area contributed by atoms with Crippen LogP contribution < -0.4 is 9.80 Å². The summed E-state index contributed by atoms with van der Waals surface area (Å²) in [6.07, 6.45) is 8.89. The largest absolute Gasteiger partial charge is 0.372 e. The molecule has 1 aromatic carbocycles. The number of nitrogens with zero attached hydrogens (tertiary/aromatic N) is 3. The molecule has 0 radical (unpaired) electrons. The predicted octanol–water partition coefficient (Wildman–Crippen LogP) is 5.52. The van der Waals surface area contributed by atoms with Crippen molar-refractivity contribution in [3.05, 3.63) is 23.8 Å². The molecule has 2 heterocycles. The number of rotatable bonds is 5. The van der Waals surface area contributed by atoms with Gasteiger partial charge in [-0.1, -0.05) is 13.8 Å². The second-order valence-corrected chi connectivity index (χ2v) is 12.1. The fourth-order valence-corrected chi connectivity index (χ4v) is 6.29. The van der Waals surface area contributed by atoms with E-state index in [1.807, 2.05) is 0 Å². The van der Waals surface area contributed by atoms with Gasteiger partial charge in [0.15, 0.2) is 0 Å². The van der Waals surface area contributed by atoms with Crippen molar-refractivity contribution in [2.45, 2.75) is 84.3 Å². The molecule has 2 saturated heterocycles. The van der Waals surface area contributed by atoms with E-state index in [4.69, 9.17) is 4.74 Å². The molecular formula is C28H45N3O. The maximum absolute atomic E-state index is 6.01. The number of ether oxygens (including phenoxy) is 1. The molecule has 2 aliphatic carbocycles. The lowest BCUT2D eigenvalue weighted by molar-refractivity contribution is -0.00522. The summed E-state index contributed by atoms with van der Waals surface area (Å²) in [7, 11) is 0. The van der Waals surface area contributed by atoms with Gasteiger partial charge in [-0.25, -0.2) is 0 Å². The minimum Gasteiger partial charge on any atom is -0.372 e. The van der Waals surface area contributed by atoms with Crippen LogP contribution in [0.15, 0.2) is 18.2 Å². The Hall–Kier alpha value is -1.26. The first-order valence-electron chi connectivity index (χ1n) is 13.4.